The topological polar surface area (TPSA) is 58.6 Å². The molecule has 26 heavy (non-hydrogen) atoms. The molecule has 2 rings (SSSR count). The highest BCUT2D eigenvalue weighted by atomic mass is 16.5. The highest BCUT2D eigenvalue weighted by Gasteiger charge is 2.29. The van der Waals surface area contributed by atoms with Gasteiger partial charge in [0.25, 0.3) is 0 Å². The van der Waals surface area contributed by atoms with E-state index in [0.29, 0.717) is 19.6 Å². The van der Waals surface area contributed by atoms with E-state index in [9.17, 15) is 9.59 Å². The van der Waals surface area contributed by atoms with Gasteiger partial charge in [-0.1, -0.05) is 26.0 Å². The molecule has 0 unspecified atom stereocenters. The fourth-order valence-corrected chi connectivity index (χ4v) is 3.56. The average molecular weight is 360 g/mol. The molecule has 0 radical (unpaired) electrons. The van der Waals surface area contributed by atoms with Crippen LogP contribution in [0, 0.1) is 11.8 Å². The van der Waals surface area contributed by atoms with Gasteiger partial charge >= 0.3 is 0 Å². The normalized spacial score (nSPS) is 15.2. The van der Waals surface area contributed by atoms with Gasteiger partial charge in [0.05, 0.1) is 7.11 Å². The standard InChI is InChI=1S/C21H32N2O3/c1-4-17(5-2)21(25)23-13-10-18(11-14-23)20(24)22-12-9-16-7-6-8-19(15-16)26-3/h6-8,15,17-18H,4-5,9-14H2,1-3H3,(H,22,24). The lowest BCUT2D eigenvalue weighted by Gasteiger charge is -2.33. The predicted octanol–water partition coefficient (Wildman–Crippen LogP) is 3.03. The Kier molecular flexibility index (Phi) is 7.95. The van der Waals surface area contributed by atoms with E-state index in [1.165, 1.54) is 0 Å². The lowest BCUT2D eigenvalue weighted by molar-refractivity contribution is -0.139. The van der Waals surface area contributed by atoms with Crippen molar-refractivity contribution in [3.05, 3.63) is 29.8 Å². The highest BCUT2D eigenvalue weighted by molar-refractivity contribution is 5.81. The fourth-order valence-electron chi connectivity index (χ4n) is 3.56. The van der Waals surface area contributed by atoms with E-state index in [1.54, 1.807) is 7.11 Å². The van der Waals surface area contributed by atoms with E-state index < -0.39 is 0 Å². The molecule has 0 atom stereocenters. The number of hydrogen-bond acceptors (Lipinski definition) is 3. The van der Waals surface area contributed by atoms with Crippen molar-refractivity contribution in [2.45, 2.75) is 46.0 Å². The maximum absolute atomic E-state index is 12.4. The monoisotopic (exact) mass is 360 g/mol. The number of nitrogens with one attached hydrogen (secondary N) is 1. The molecule has 1 N–H and O–H groups in total. The molecular formula is C21H32N2O3. The third-order valence-electron chi connectivity index (χ3n) is 5.36. The minimum Gasteiger partial charge on any atom is -0.497 e. The van der Waals surface area contributed by atoms with Crippen molar-refractivity contribution in [3.8, 4) is 5.75 Å². The zero-order valence-corrected chi connectivity index (χ0v) is 16.3. The van der Waals surface area contributed by atoms with Crippen molar-refractivity contribution < 1.29 is 14.3 Å². The van der Waals surface area contributed by atoms with Crippen molar-refractivity contribution in [2.75, 3.05) is 26.7 Å². The first-order valence-corrected chi connectivity index (χ1v) is 9.78. The Morgan fingerprint density at radius 1 is 1.23 bits per heavy atom. The molecular weight excluding hydrogens is 328 g/mol. The van der Waals surface area contributed by atoms with Gasteiger partial charge in [0, 0.05) is 31.5 Å². The van der Waals surface area contributed by atoms with E-state index in [-0.39, 0.29) is 23.7 Å². The Balaban J connectivity index is 1.73. The van der Waals surface area contributed by atoms with Gasteiger partial charge in [-0.25, -0.2) is 0 Å². The molecule has 1 aromatic rings. The van der Waals surface area contributed by atoms with Crippen LogP contribution < -0.4 is 10.1 Å². The number of likely N-dealkylation sites (tertiary alicyclic amines) is 1. The molecule has 144 valence electrons. The molecule has 0 saturated carbocycles. The summed E-state index contributed by atoms with van der Waals surface area (Å²) in [6, 6.07) is 7.91. The van der Waals surface area contributed by atoms with Gasteiger partial charge in [-0.05, 0) is 49.8 Å². The Hall–Kier alpha value is -2.04. The zero-order valence-electron chi connectivity index (χ0n) is 16.3. The van der Waals surface area contributed by atoms with E-state index in [2.05, 4.69) is 19.2 Å². The molecule has 5 nitrogen and oxygen atoms in total. The Bertz CT molecular complexity index is 591. The largest absolute Gasteiger partial charge is 0.497 e. The number of amides is 2. The van der Waals surface area contributed by atoms with Crippen LogP contribution >= 0.6 is 0 Å². The van der Waals surface area contributed by atoms with Crippen LogP contribution in [0.1, 0.15) is 45.1 Å². The molecule has 0 spiro atoms. The van der Waals surface area contributed by atoms with Crippen molar-refractivity contribution in [3.63, 3.8) is 0 Å². The van der Waals surface area contributed by atoms with Crippen molar-refractivity contribution in [2.24, 2.45) is 11.8 Å². The van der Waals surface area contributed by atoms with Crippen LogP contribution in [-0.4, -0.2) is 43.5 Å². The molecule has 1 saturated heterocycles. The Morgan fingerprint density at radius 3 is 2.54 bits per heavy atom. The van der Waals surface area contributed by atoms with E-state index in [0.717, 1.165) is 43.4 Å². The van der Waals surface area contributed by atoms with Crippen molar-refractivity contribution in [1.29, 1.82) is 0 Å². The van der Waals surface area contributed by atoms with Crippen LogP contribution in [0.5, 0.6) is 5.75 Å². The summed E-state index contributed by atoms with van der Waals surface area (Å²) in [6.45, 7) is 6.15. The first-order chi connectivity index (χ1) is 12.6. The van der Waals surface area contributed by atoms with E-state index >= 15 is 0 Å². The van der Waals surface area contributed by atoms with Crippen LogP contribution in [-0.2, 0) is 16.0 Å². The number of ether oxygens (including phenoxy) is 1. The number of hydrogen-bond donors (Lipinski definition) is 1. The summed E-state index contributed by atoms with van der Waals surface area (Å²) in [4.78, 5) is 26.8. The minimum atomic E-state index is 0.0195. The van der Waals surface area contributed by atoms with Gasteiger partial charge in [-0.2, -0.15) is 0 Å². The summed E-state index contributed by atoms with van der Waals surface area (Å²) >= 11 is 0. The molecule has 2 amide bonds. The zero-order chi connectivity index (χ0) is 18.9. The lowest BCUT2D eigenvalue weighted by atomic mass is 9.93. The Labute approximate surface area is 157 Å². The molecule has 0 aliphatic carbocycles. The molecule has 1 heterocycles. The van der Waals surface area contributed by atoms with Gasteiger partial charge in [-0.3, -0.25) is 9.59 Å². The molecule has 1 aromatic carbocycles. The smallest absolute Gasteiger partial charge is 0.225 e. The molecule has 5 heteroatoms. The van der Waals surface area contributed by atoms with Crippen LogP contribution in [0.15, 0.2) is 24.3 Å². The van der Waals surface area contributed by atoms with Crippen LogP contribution in [0.2, 0.25) is 0 Å². The summed E-state index contributed by atoms with van der Waals surface area (Å²) < 4.78 is 5.22. The number of benzene rings is 1. The second-order valence-electron chi connectivity index (χ2n) is 7.01. The van der Waals surface area contributed by atoms with Crippen molar-refractivity contribution >= 4 is 11.8 Å². The van der Waals surface area contributed by atoms with E-state index in [4.69, 9.17) is 4.74 Å². The third-order valence-corrected chi connectivity index (χ3v) is 5.36. The van der Waals surface area contributed by atoms with Crippen LogP contribution in [0.25, 0.3) is 0 Å². The summed E-state index contributed by atoms with van der Waals surface area (Å²) in [5.74, 6) is 1.35. The fraction of sp³-hybridized carbons (Fsp3) is 0.619. The molecule has 0 aromatic heterocycles. The number of carbonyl (C=O) groups is 2. The first kappa shape index (κ1) is 20.3. The second-order valence-corrected chi connectivity index (χ2v) is 7.01. The second kappa shape index (κ2) is 10.2. The molecule has 1 aliphatic rings. The van der Waals surface area contributed by atoms with Gasteiger partial charge in [-0.15, -0.1) is 0 Å². The summed E-state index contributed by atoms with van der Waals surface area (Å²) in [5, 5.41) is 3.04. The van der Waals surface area contributed by atoms with Crippen molar-refractivity contribution in [1.82, 2.24) is 10.2 Å². The predicted molar refractivity (Wildman–Crippen MR) is 103 cm³/mol. The van der Waals surface area contributed by atoms with E-state index in [1.807, 2.05) is 29.2 Å². The number of carbonyl (C=O) groups excluding carboxylic acids is 2. The summed E-state index contributed by atoms with van der Waals surface area (Å²) in [6.07, 6.45) is 4.09. The maximum atomic E-state index is 12.4. The molecule has 1 aliphatic heterocycles. The summed E-state index contributed by atoms with van der Waals surface area (Å²) in [5.41, 5.74) is 1.15. The van der Waals surface area contributed by atoms with Gasteiger partial charge in [0.2, 0.25) is 11.8 Å². The van der Waals surface area contributed by atoms with Gasteiger partial charge in [0.1, 0.15) is 5.75 Å². The first-order valence-electron chi connectivity index (χ1n) is 9.78. The SMILES string of the molecule is CCC(CC)C(=O)N1CCC(C(=O)NCCc2cccc(OC)c2)CC1. The average Bonchev–Trinajstić information content (AvgIpc) is 2.69. The number of rotatable bonds is 8. The minimum absolute atomic E-state index is 0.0195. The van der Waals surface area contributed by atoms with Crippen LogP contribution in [0.4, 0.5) is 0 Å². The van der Waals surface area contributed by atoms with Crippen LogP contribution in [0.3, 0.4) is 0 Å². The van der Waals surface area contributed by atoms with Gasteiger partial charge < -0.3 is 15.0 Å². The summed E-state index contributed by atoms with van der Waals surface area (Å²) in [7, 11) is 1.65. The Morgan fingerprint density at radius 2 is 1.92 bits per heavy atom. The molecule has 1 fully saturated rings. The highest BCUT2D eigenvalue weighted by Crippen LogP contribution is 2.21. The number of piperidine rings is 1. The maximum Gasteiger partial charge on any atom is 0.225 e. The molecule has 0 bridgehead atoms. The van der Waals surface area contributed by atoms with Gasteiger partial charge in [0.15, 0.2) is 0 Å². The lowest BCUT2D eigenvalue weighted by Crippen LogP contribution is -2.45. The third kappa shape index (κ3) is 5.48. The number of nitrogens with zero attached hydrogens (tertiary/aromatic N) is 1. The quantitative estimate of drug-likeness (QED) is 0.775. The number of methoxy groups -OCH3 is 1.